The van der Waals surface area contributed by atoms with Crippen LogP contribution >= 0.6 is 41.0 Å². The number of fused-ring (bicyclic) bond motifs is 8. The number of rotatable bonds is 5. The minimum atomic E-state index is -0.593. The normalized spacial score (nSPS) is 23.9. The molecule has 3 saturated heterocycles. The van der Waals surface area contributed by atoms with Gasteiger partial charge in [0.15, 0.2) is 0 Å². The number of aliphatic hydroxyl groups is 1. The number of benzene rings is 3. The van der Waals surface area contributed by atoms with Crippen LogP contribution in [0.1, 0.15) is 47.0 Å². The van der Waals surface area contributed by atoms with Crippen LogP contribution in [0, 0.1) is 12.7 Å². The van der Waals surface area contributed by atoms with Crippen molar-refractivity contribution >= 4 is 52.7 Å². The molecular formula is C35H36BrCl2FN4O4. The van der Waals surface area contributed by atoms with Crippen LogP contribution in [0.4, 0.5) is 4.39 Å². The Labute approximate surface area is 294 Å². The van der Waals surface area contributed by atoms with Gasteiger partial charge < -0.3 is 14.6 Å². The van der Waals surface area contributed by atoms with E-state index in [1.54, 1.807) is 12.1 Å². The Bertz CT molecular complexity index is 1760. The molecule has 4 aliphatic heterocycles. The topological polar surface area (TPSA) is 92.5 Å². The van der Waals surface area contributed by atoms with E-state index in [4.69, 9.17) is 21.1 Å². The van der Waals surface area contributed by atoms with Crippen molar-refractivity contribution in [2.24, 2.45) is 4.99 Å². The number of hydrogen-bond acceptors (Lipinski definition) is 7. The van der Waals surface area contributed by atoms with Crippen molar-refractivity contribution in [2.45, 2.75) is 62.6 Å². The van der Waals surface area contributed by atoms with Gasteiger partial charge in [0, 0.05) is 41.1 Å². The third kappa shape index (κ3) is 6.77. The maximum Gasteiger partial charge on any atom is 0.316 e. The van der Waals surface area contributed by atoms with E-state index in [9.17, 15) is 14.3 Å². The molecule has 3 aromatic carbocycles. The van der Waals surface area contributed by atoms with E-state index in [-0.39, 0.29) is 53.9 Å². The van der Waals surface area contributed by atoms with Gasteiger partial charge in [-0.1, -0.05) is 54.1 Å². The van der Waals surface area contributed by atoms with Crippen LogP contribution < -0.4 is 0 Å². The summed E-state index contributed by atoms with van der Waals surface area (Å²) in [5.41, 5.74) is 4.59. The van der Waals surface area contributed by atoms with Gasteiger partial charge in [-0.15, -0.1) is 29.4 Å². The molecule has 2 bridgehead atoms. The summed E-state index contributed by atoms with van der Waals surface area (Å²) in [4.78, 5) is 23.8. The number of esters is 1. The van der Waals surface area contributed by atoms with Gasteiger partial charge in [0.2, 0.25) is 0 Å². The number of nitrogens with zero attached hydrogens (tertiary/aromatic N) is 4. The number of imidazole rings is 1. The highest BCUT2D eigenvalue weighted by atomic mass is 79.9. The average molecular weight is 747 g/mol. The first-order valence-electron chi connectivity index (χ1n) is 15.2. The van der Waals surface area contributed by atoms with Gasteiger partial charge in [-0.05, 0) is 49.9 Å². The van der Waals surface area contributed by atoms with Crippen molar-refractivity contribution in [3.05, 3.63) is 118 Å². The molecule has 8 rings (SSSR count). The summed E-state index contributed by atoms with van der Waals surface area (Å²) < 4.78 is 27.7. The zero-order valence-corrected chi connectivity index (χ0v) is 29.1. The van der Waals surface area contributed by atoms with Gasteiger partial charge in [-0.3, -0.25) is 19.3 Å². The van der Waals surface area contributed by atoms with Crippen LogP contribution in [-0.4, -0.2) is 75.3 Å². The molecule has 4 aliphatic rings. The summed E-state index contributed by atoms with van der Waals surface area (Å²) in [6.07, 6.45) is 4.07. The lowest BCUT2D eigenvalue weighted by Gasteiger charge is -2.38. The Morgan fingerprint density at radius 2 is 1.74 bits per heavy atom. The minimum Gasteiger partial charge on any atom is -0.462 e. The molecule has 6 atom stereocenters. The SMILES string of the molecule is Br.CN1[C@@H]2CC(OC(=O)[C@H](CO)c3ccccc3)C[C@H]1[C@@H]1O[C@@H]12.Cc1ncc2n1-c1ccc(Cl)cc1C(c1ccccc1F)=NC2.Cl. The fourth-order valence-corrected chi connectivity index (χ4v) is 7.17. The zero-order valence-electron chi connectivity index (χ0n) is 25.8. The number of epoxide rings is 1. The number of aliphatic imine (C=N–C) groups is 1. The van der Waals surface area contributed by atoms with Crippen LogP contribution in [0.15, 0.2) is 84.0 Å². The van der Waals surface area contributed by atoms with Gasteiger partial charge in [0.05, 0.1) is 36.4 Å². The lowest BCUT2D eigenvalue weighted by atomic mass is 9.97. The third-order valence-electron chi connectivity index (χ3n) is 9.32. The van der Waals surface area contributed by atoms with Crippen molar-refractivity contribution in [1.82, 2.24) is 14.5 Å². The first kappa shape index (κ1) is 35.2. The molecule has 4 aromatic rings. The molecule has 1 aromatic heterocycles. The molecule has 0 spiro atoms. The summed E-state index contributed by atoms with van der Waals surface area (Å²) in [6, 6.07) is 22.3. The van der Waals surface area contributed by atoms with Crippen molar-refractivity contribution in [2.75, 3.05) is 13.7 Å². The molecule has 1 N–H and O–H groups in total. The van der Waals surface area contributed by atoms with E-state index in [0.29, 0.717) is 47.1 Å². The molecule has 1 unspecified atom stereocenters. The number of likely N-dealkylation sites (N-methyl/N-ethyl adjacent to an activating group) is 1. The van der Waals surface area contributed by atoms with Crippen LogP contribution in [0.2, 0.25) is 5.02 Å². The molecule has 3 fully saturated rings. The van der Waals surface area contributed by atoms with Gasteiger partial charge in [0.25, 0.3) is 0 Å². The van der Waals surface area contributed by atoms with Crippen LogP contribution in [0.3, 0.4) is 0 Å². The Morgan fingerprint density at radius 3 is 2.43 bits per heavy atom. The number of halogens is 4. The van der Waals surface area contributed by atoms with Crippen LogP contribution in [0.25, 0.3) is 5.69 Å². The van der Waals surface area contributed by atoms with Crippen LogP contribution in [-0.2, 0) is 20.8 Å². The predicted octanol–water partition coefficient (Wildman–Crippen LogP) is 6.24. The third-order valence-corrected chi connectivity index (χ3v) is 9.56. The molecule has 8 nitrogen and oxygen atoms in total. The lowest BCUT2D eigenvalue weighted by Crippen LogP contribution is -2.48. The quantitative estimate of drug-likeness (QED) is 0.192. The van der Waals surface area contributed by atoms with E-state index >= 15 is 0 Å². The Balaban J connectivity index is 0.000000177. The number of hydrogen-bond donors (Lipinski definition) is 1. The molecule has 0 radical (unpaired) electrons. The average Bonchev–Trinajstić information content (AvgIpc) is 3.74. The van der Waals surface area contributed by atoms with Gasteiger partial charge in [0.1, 0.15) is 35.9 Å². The van der Waals surface area contributed by atoms with Crippen molar-refractivity contribution in [3.63, 3.8) is 0 Å². The zero-order chi connectivity index (χ0) is 31.2. The number of aromatic nitrogens is 2. The van der Waals surface area contributed by atoms with E-state index in [0.717, 1.165) is 41.2 Å². The summed E-state index contributed by atoms with van der Waals surface area (Å²) in [5, 5.41) is 10.1. The Morgan fingerprint density at radius 1 is 1.06 bits per heavy atom. The number of piperidine rings is 1. The smallest absolute Gasteiger partial charge is 0.316 e. The summed E-state index contributed by atoms with van der Waals surface area (Å²) in [6.45, 7) is 2.16. The van der Waals surface area contributed by atoms with Crippen molar-refractivity contribution in [3.8, 4) is 5.69 Å². The molecule has 0 amide bonds. The number of morpholine rings is 1. The van der Waals surface area contributed by atoms with E-state index < -0.39 is 5.92 Å². The standard InChI is InChI=1S/C18H13ClFN3.C17H21NO4.BrH.ClH/c1-11-21-9-13-10-22-18(14-4-2-3-5-16(14)20)15-8-12(19)6-7-17(15)23(11)13;1-18-13-7-11(8-14(18)16-15(13)22-16)21-17(20)12(9-19)10-5-3-2-4-6-10;;/h2-9H,10H2,1H3;2-6,11-16,19H,7-9H2,1H3;2*1H/t;11?,12-,13-,14+,15-,16+;;/m.1../s1. The second-order valence-corrected chi connectivity index (χ2v) is 12.4. The number of carbonyl (C=O) groups excluding carboxylic acids is 1. The first-order chi connectivity index (χ1) is 21.8. The highest BCUT2D eigenvalue weighted by molar-refractivity contribution is 8.93. The minimum absolute atomic E-state index is 0. The van der Waals surface area contributed by atoms with E-state index in [1.807, 2.05) is 72.3 Å². The second kappa shape index (κ2) is 14.6. The second-order valence-electron chi connectivity index (χ2n) is 12.0. The molecular weight excluding hydrogens is 710 g/mol. The Hall–Kier alpha value is -3.12. The monoisotopic (exact) mass is 744 g/mol. The van der Waals surface area contributed by atoms with Gasteiger partial charge in [-0.2, -0.15) is 0 Å². The van der Waals surface area contributed by atoms with Crippen molar-refractivity contribution < 1.29 is 23.8 Å². The summed E-state index contributed by atoms with van der Waals surface area (Å²) in [7, 11) is 2.13. The lowest BCUT2D eigenvalue weighted by molar-refractivity contribution is -0.156. The maximum absolute atomic E-state index is 14.3. The number of aliphatic hydroxyl groups excluding tert-OH is 1. The number of ether oxygens (including phenoxy) is 2. The molecule has 12 heteroatoms. The molecule has 0 saturated carbocycles. The van der Waals surface area contributed by atoms with E-state index in [1.165, 1.54) is 6.07 Å². The fourth-order valence-electron chi connectivity index (χ4n) is 7.00. The fraction of sp³-hybridized carbons (Fsp3) is 0.343. The van der Waals surface area contributed by atoms with Crippen molar-refractivity contribution in [1.29, 1.82) is 0 Å². The highest BCUT2D eigenvalue weighted by Gasteiger charge is 2.62. The molecule has 5 heterocycles. The van der Waals surface area contributed by atoms with Gasteiger partial charge in [-0.25, -0.2) is 9.37 Å². The van der Waals surface area contributed by atoms with Crippen LogP contribution in [0.5, 0.6) is 0 Å². The molecule has 0 aliphatic carbocycles. The summed E-state index contributed by atoms with van der Waals surface area (Å²) in [5.74, 6) is -0.339. The van der Waals surface area contributed by atoms with Gasteiger partial charge >= 0.3 is 5.97 Å². The first-order valence-corrected chi connectivity index (χ1v) is 15.6. The predicted molar refractivity (Wildman–Crippen MR) is 186 cm³/mol. The Kier molecular flexibility index (Phi) is 10.9. The number of aryl methyl sites for hydroxylation is 1. The number of carbonyl (C=O) groups is 1. The maximum atomic E-state index is 14.3. The largest absolute Gasteiger partial charge is 0.462 e. The highest BCUT2D eigenvalue weighted by Crippen LogP contribution is 2.48. The summed E-state index contributed by atoms with van der Waals surface area (Å²) >= 11 is 6.19. The molecule has 47 heavy (non-hydrogen) atoms. The van der Waals surface area contributed by atoms with E-state index in [2.05, 4.69) is 21.9 Å². The molecule has 248 valence electrons.